The van der Waals surface area contributed by atoms with Crippen LogP contribution in [0.15, 0.2) is 48.5 Å². The van der Waals surface area contributed by atoms with Crippen molar-refractivity contribution < 1.29 is 9.90 Å². The molecule has 0 aliphatic carbocycles. The average molecular weight is 263 g/mol. The first-order chi connectivity index (χ1) is 9.60. The van der Waals surface area contributed by atoms with Crippen molar-refractivity contribution >= 4 is 17.6 Å². The van der Waals surface area contributed by atoms with Gasteiger partial charge in [0.05, 0.1) is 17.2 Å². The van der Waals surface area contributed by atoms with E-state index in [0.717, 1.165) is 16.7 Å². The summed E-state index contributed by atoms with van der Waals surface area (Å²) in [7, 11) is 0. The third kappa shape index (κ3) is 3.12. The third-order valence-corrected chi connectivity index (χ3v) is 2.95. The first-order valence-electron chi connectivity index (χ1n) is 6.12. The predicted molar refractivity (Wildman–Crippen MR) is 78.1 cm³/mol. The Balaban J connectivity index is 2.34. The lowest BCUT2D eigenvalue weighted by Gasteiger charge is -2.01. The first kappa shape index (κ1) is 13.6. The van der Waals surface area contributed by atoms with Gasteiger partial charge in [-0.1, -0.05) is 42.0 Å². The Morgan fingerprint density at radius 1 is 1.05 bits per heavy atom. The Hall–Kier alpha value is -2.86. The van der Waals surface area contributed by atoms with E-state index in [-0.39, 0.29) is 5.56 Å². The van der Waals surface area contributed by atoms with E-state index in [4.69, 9.17) is 5.11 Å². The number of aromatic carboxylic acids is 1. The fourth-order valence-electron chi connectivity index (χ4n) is 1.80. The SMILES string of the molecule is Cc1ccc(/C(C#N)=C\c2ccc(C(=O)O)cc2)cc1. The monoisotopic (exact) mass is 263 g/mol. The molecule has 0 bridgehead atoms. The van der Waals surface area contributed by atoms with E-state index >= 15 is 0 Å². The zero-order valence-electron chi connectivity index (χ0n) is 11.0. The van der Waals surface area contributed by atoms with Gasteiger partial charge in [0.1, 0.15) is 0 Å². The number of carbonyl (C=O) groups is 1. The van der Waals surface area contributed by atoms with Gasteiger partial charge in [0.2, 0.25) is 0 Å². The average Bonchev–Trinajstić information content (AvgIpc) is 2.46. The summed E-state index contributed by atoms with van der Waals surface area (Å²) in [4.78, 5) is 10.8. The second-order valence-electron chi connectivity index (χ2n) is 4.46. The number of carboxylic acids is 1. The smallest absolute Gasteiger partial charge is 0.335 e. The van der Waals surface area contributed by atoms with Crippen molar-refractivity contribution in [3.05, 3.63) is 70.8 Å². The molecule has 3 heteroatoms. The Morgan fingerprint density at radius 3 is 2.10 bits per heavy atom. The lowest BCUT2D eigenvalue weighted by molar-refractivity contribution is 0.0697. The van der Waals surface area contributed by atoms with Crippen molar-refractivity contribution in [2.24, 2.45) is 0 Å². The minimum absolute atomic E-state index is 0.232. The van der Waals surface area contributed by atoms with E-state index in [0.29, 0.717) is 5.57 Å². The highest BCUT2D eigenvalue weighted by Crippen LogP contribution is 2.18. The van der Waals surface area contributed by atoms with Gasteiger partial charge in [0.15, 0.2) is 0 Å². The van der Waals surface area contributed by atoms with Crippen LogP contribution in [0.1, 0.15) is 27.0 Å². The molecule has 0 aromatic heterocycles. The minimum Gasteiger partial charge on any atom is -0.478 e. The molecule has 0 saturated carbocycles. The molecular formula is C17H13NO2. The summed E-state index contributed by atoms with van der Waals surface area (Å²) in [5.74, 6) is -0.959. The van der Waals surface area contributed by atoms with Crippen LogP contribution < -0.4 is 0 Å². The van der Waals surface area contributed by atoms with Gasteiger partial charge >= 0.3 is 5.97 Å². The molecule has 2 aromatic rings. The van der Waals surface area contributed by atoms with Crippen molar-refractivity contribution in [3.8, 4) is 6.07 Å². The van der Waals surface area contributed by atoms with E-state index in [1.54, 1.807) is 18.2 Å². The number of benzene rings is 2. The van der Waals surface area contributed by atoms with Crippen LogP contribution in [0.4, 0.5) is 0 Å². The van der Waals surface area contributed by atoms with E-state index in [1.165, 1.54) is 12.1 Å². The minimum atomic E-state index is -0.959. The molecule has 1 N–H and O–H groups in total. The summed E-state index contributed by atoms with van der Waals surface area (Å²) < 4.78 is 0. The van der Waals surface area contributed by atoms with Gasteiger partial charge in [-0.05, 0) is 36.3 Å². The van der Waals surface area contributed by atoms with Gasteiger partial charge in [0.25, 0.3) is 0 Å². The molecule has 2 rings (SSSR count). The van der Waals surface area contributed by atoms with E-state index < -0.39 is 5.97 Å². The van der Waals surface area contributed by atoms with Crippen LogP contribution in [-0.2, 0) is 0 Å². The molecule has 0 unspecified atom stereocenters. The summed E-state index contributed by atoms with van der Waals surface area (Å²) in [6.07, 6.45) is 1.75. The second kappa shape index (κ2) is 5.85. The molecule has 0 aliphatic rings. The molecule has 98 valence electrons. The number of hydrogen-bond acceptors (Lipinski definition) is 2. The normalized spacial score (nSPS) is 10.9. The maximum atomic E-state index is 10.8. The standard InChI is InChI=1S/C17H13NO2/c1-12-2-6-14(7-3-12)16(11-18)10-13-4-8-15(9-5-13)17(19)20/h2-10H,1H3,(H,19,20)/b16-10-. The lowest BCUT2D eigenvalue weighted by atomic mass is 10.0. The fourth-order valence-corrected chi connectivity index (χ4v) is 1.80. The summed E-state index contributed by atoms with van der Waals surface area (Å²) in [5.41, 5.74) is 3.56. The molecule has 3 nitrogen and oxygen atoms in total. The van der Waals surface area contributed by atoms with Crippen LogP contribution in [-0.4, -0.2) is 11.1 Å². The molecule has 0 amide bonds. The largest absolute Gasteiger partial charge is 0.478 e. The molecule has 0 saturated heterocycles. The highest BCUT2D eigenvalue weighted by atomic mass is 16.4. The summed E-state index contributed by atoms with van der Waals surface area (Å²) >= 11 is 0. The van der Waals surface area contributed by atoms with Gasteiger partial charge in [-0.2, -0.15) is 5.26 Å². The van der Waals surface area contributed by atoms with Gasteiger partial charge < -0.3 is 5.11 Å². The quantitative estimate of drug-likeness (QED) is 0.677. The van der Waals surface area contributed by atoms with Gasteiger partial charge in [-0.15, -0.1) is 0 Å². The highest BCUT2D eigenvalue weighted by molar-refractivity contribution is 5.91. The van der Waals surface area contributed by atoms with Crippen LogP contribution in [0.2, 0.25) is 0 Å². The highest BCUT2D eigenvalue weighted by Gasteiger charge is 2.03. The lowest BCUT2D eigenvalue weighted by Crippen LogP contribution is -1.94. The first-order valence-corrected chi connectivity index (χ1v) is 6.12. The van der Waals surface area contributed by atoms with Crippen LogP contribution in [0.3, 0.4) is 0 Å². The third-order valence-electron chi connectivity index (χ3n) is 2.95. The summed E-state index contributed by atoms with van der Waals surface area (Å²) in [5, 5.41) is 18.1. The second-order valence-corrected chi connectivity index (χ2v) is 4.46. The molecule has 0 heterocycles. The maximum absolute atomic E-state index is 10.8. The number of rotatable bonds is 3. The van der Waals surface area contributed by atoms with E-state index in [9.17, 15) is 10.1 Å². The number of nitrogens with zero attached hydrogens (tertiary/aromatic N) is 1. The zero-order valence-corrected chi connectivity index (χ0v) is 11.0. The Morgan fingerprint density at radius 2 is 1.60 bits per heavy atom. The van der Waals surface area contributed by atoms with Gasteiger partial charge in [-0.25, -0.2) is 4.79 Å². The maximum Gasteiger partial charge on any atom is 0.335 e. The molecular weight excluding hydrogens is 250 g/mol. The van der Waals surface area contributed by atoms with Crippen molar-refractivity contribution in [2.45, 2.75) is 6.92 Å². The summed E-state index contributed by atoms with van der Waals surface area (Å²) in [6, 6.07) is 16.3. The molecule has 0 atom stereocenters. The van der Waals surface area contributed by atoms with E-state index in [1.807, 2.05) is 31.2 Å². The Labute approximate surface area is 117 Å². The number of nitriles is 1. The van der Waals surface area contributed by atoms with Crippen LogP contribution in [0.25, 0.3) is 11.6 Å². The van der Waals surface area contributed by atoms with E-state index in [2.05, 4.69) is 6.07 Å². The fraction of sp³-hybridized carbons (Fsp3) is 0.0588. The van der Waals surface area contributed by atoms with Crippen molar-refractivity contribution in [3.63, 3.8) is 0 Å². The molecule has 2 aromatic carbocycles. The topological polar surface area (TPSA) is 61.1 Å². The molecule has 0 spiro atoms. The van der Waals surface area contributed by atoms with Crippen LogP contribution >= 0.6 is 0 Å². The van der Waals surface area contributed by atoms with Crippen molar-refractivity contribution in [2.75, 3.05) is 0 Å². The zero-order chi connectivity index (χ0) is 14.5. The molecule has 0 fully saturated rings. The van der Waals surface area contributed by atoms with Crippen LogP contribution in [0.5, 0.6) is 0 Å². The number of carboxylic acid groups (broad SMARTS) is 1. The molecule has 0 aliphatic heterocycles. The Bertz CT molecular complexity index is 689. The number of hydrogen-bond donors (Lipinski definition) is 1. The van der Waals surface area contributed by atoms with Crippen LogP contribution in [0, 0.1) is 18.3 Å². The van der Waals surface area contributed by atoms with Crippen molar-refractivity contribution in [1.82, 2.24) is 0 Å². The number of aryl methyl sites for hydroxylation is 1. The Kier molecular flexibility index (Phi) is 3.97. The van der Waals surface area contributed by atoms with Crippen molar-refractivity contribution in [1.29, 1.82) is 5.26 Å². The van der Waals surface area contributed by atoms with Gasteiger partial charge in [0, 0.05) is 0 Å². The number of allylic oxidation sites excluding steroid dienone is 1. The predicted octanol–water partition coefficient (Wildman–Crippen LogP) is 3.76. The molecule has 0 radical (unpaired) electrons. The van der Waals surface area contributed by atoms with Gasteiger partial charge in [-0.3, -0.25) is 0 Å². The summed E-state index contributed by atoms with van der Waals surface area (Å²) in [6.45, 7) is 1.99. The molecule has 20 heavy (non-hydrogen) atoms.